The molecule has 29 heavy (non-hydrogen) atoms. The molecule has 0 radical (unpaired) electrons. The molecule has 0 aromatic rings. The summed E-state index contributed by atoms with van der Waals surface area (Å²) in [6, 6.07) is 0. The van der Waals surface area contributed by atoms with Gasteiger partial charge in [-0.25, -0.2) is 0 Å². The van der Waals surface area contributed by atoms with Crippen molar-refractivity contribution in [1.82, 2.24) is 0 Å². The highest BCUT2D eigenvalue weighted by molar-refractivity contribution is 6.19. The number of fused-ring (bicyclic) bond motifs is 5. The van der Waals surface area contributed by atoms with Crippen LogP contribution < -0.4 is 0 Å². The number of Topliss-reactive ketones (excluding diaryl/α,β-unsaturated/α-hetero) is 1. The average Bonchev–Trinajstić information content (AvgIpc) is 3.01. The number of carbonyl (C=O) groups is 1. The first-order chi connectivity index (χ1) is 13.5. The number of alkyl halides is 1. The van der Waals surface area contributed by atoms with Gasteiger partial charge in [0, 0.05) is 5.92 Å². The van der Waals surface area contributed by atoms with Gasteiger partial charge >= 0.3 is 0 Å². The Morgan fingerprint density at radius 3 is 2.24 bits per heavy atom. The standard InChI is InChI=1S/C26H41ClO2/c1-17(16-27)29-23(3)13-14-24(4)19(15-23)9-11-26(6)21-8-7-20(18(2)28)25(21,5)12-10-22(24)26/h19-22H,1,7-16H2,2-6H3/t19-,20+,21+,22+,23+,24-,25+,26-/m0/s1. The molecule has 0 spiro atoms. The first kappa shape index (κ1) is 21.7. The SMILES string of the molecule is C=C(CCl)O[C@]1(C)CC[C@@]2(C)[C@@H](CC[C@]3(C)[C@@H]2CC[C@@]2(C)[C@H]3CC[C@@H]2C(C)=O)C1. The summed E-state index contributed by atoms with van der Waals surface area (Å²) >= 11 is 5.96. The molecule has 0 saturated heterocycles. The van der Waals surface area contributed by atoms with Gasteiger partial charge < -0.3 is 4.74 Å². The van der Waals surface area contributed by atoms with E-state index in [1.165, 1.54) is 38.5 Å². The highest BCUT2D eigenvalue weighted by Gasteiger charge is 2.66. The summed E-state index contributed by atoms with van der Waals surface area (Å²) in [6.45, 7) is 15.7. The Morgan fingerprint density at radius 2 is 1.59 bits per heavy atom. The van der Waals surface area contributed by atoms with Crippen LogP contribution in [0, 0.1) is 39.9 Å². The molecule has 0 heterocycles. The second-order valence-electron chi connectivity index (χ2n) is 12.1. The van der Waals surface area contributed by atoms with Gasteiger partial charge in [-0.1, -0.05) is 27.4 Å². The predicted molar refractivity (Wildman–Crippen MR) is 120 cm³/mol. The number of hydrogen-bond donors (Lipinski definition) is 0. The lowest BCUT2D eigenvalue weighted by molar-refractivity contribution is -0.188. The fraction of sp³-hybridized carbons (Fsp3) is 0.885. The van der Waals surface area contributed by atoms with Crippen molar-refractivity contribution in [2.75, 3.05) is 5.88 Å². The van der Waals surface area contributed by atoms with E-state index in [0.717, 1.165) is 31.1 Å². The molecule has 8 atom stereocenters. The van der Waals surface area contributed by atoms with Gasteiger partial charge in [0.05, 0.1) is 5.88 Å². The highest BCUT2D eigenvalue weighted by atomic mass is 35.5. The van der Waals surface area contributed by atoms with Gasteiger partial charge in [0.25, 0.3) is 0 Å². The first-order valence-electron chi connectivity index (χ1n) is 11.9. The Balaban J connectivity index is 1.59. The van der Waals surface area contributed by atoms with E-state index in [0.29, 0.717) is 40.1 Å². The van der Waals surface area contributed by atoms with Crippen LogP contribution in [0.4, 0.5) is 0 Å². The van der Waals surface area contributed by atoms with Gasteiger partial charge in [-0.2, -0.15) is 0 Å². The number of carbonyl (C=O) groups excluding carboxylic acids is 1. The summed E-state index contributed by atoms with van der Waals surface area (Å²) in [5, 5.41) is 0. The van der Waals surface area contributed by atoms with Crippen LogP contribution in [-0.4, -0.2) is 17.3 Å². The number of rotatable bonds is 4. The van der Waals surface area contributed by atoms with Crippen LogP contribution >= 0.6 is 11.6 Å². The fourth-order valence-corrected chi connectivity index (χ4v) is 9.29. The minimum Gasteiger partial charge on any atom is -0.491 e. The molecule has 164 valence electrons. The molecule has 3 heteroatoms. The van der Waals surface area contributed by atoms with Crippen LogP contribution in [0.5, 0.6) is 0 Å². The highest BCUT2D eigenvalue weighted by Crippen LogP contribution is 2.72. The number of allylic oxidation sites excluding steroid dienone is 1. The van der Waals surface area contributed by atoms with Crippen LogP contribution in [0.1, 0.15) is 92.4 Å². The van der Waals surface area contributed by atoms with Crippen molar-refractivity contribution < 1.29 is 9.53 Å². The maximum absolute atomic E-state index is 12.4. The van der Waals surface area contributed by atoms with Crippen molar-refractivity contribution >= 4 is 17.4 Å². The van der Waals surface area contributed by atoms with Crippen molar-refractivity contribution in [1.29, 1.82) is 0 Å². The summed E-state index contributed by atoms with van der Waals surface area (Å²) < 4.78 is 6.25. The molecular formula is C26H41ClO2. The topological polar surface area (TPSA) is 26.3 Å². The largest absolute Gasteiger partial charge is 0.491 e. The summed E-state index contributed by atoms with van der Waals surface area (Å²) in [6.07, 6.45) is 11.0. The molecule has 0 aromatic heterocycles. The second-order valence-corrected chi connectivity index (χ2v) is 12.3. The number of halogens is 1. The molecule has 4 aliphatic rings. The lowest BCUT2D eigenvalue weighted by Gasteiger charge is -2.66. The van der Waals surface area contributed by atoms with Crippen LogP contribution in [0.15, 0.2) is 12.3 Å². The van der Waals surface area contributed by atoms with Crippen molar-refractivity contribution in [2.45, 2.75) is 98.0 Å². The van der Waals surface area contributed by atoms with Crippen molar-refractivity contribution in [3.05, 3.63) is 12.3 Å². The summed E-state index contributed by atoms with van der Waals surface area (Å²) in [7, 11) is 0. The quantitative estimate of drug-likeness (QED) is 0.356. The summed E-state index contributed by atoms with van der Waals surface area (Å²) in [5.74, 6) is 4.03. The van der Waals surface area contributed by atoms with E-state index in [4.69, 9.17) is 16.3 Å². The molecule has 0 N–H and O–H groups in total. The smallest absolute Gasteiger partial charge is 0.133 e. The van der Waals surface area contributed by atoms with Crippen LogP contribution in [0.3, 0.4) is 0 Å². The monoisotopic (exact) mass is 420 g/mol. The summed E-state index contributed by atoms with van der Waals surface area (Å²) in [4.78, 5) is 12.4. The molecule has 0 amide bonds. The van der Waals surface area contributed by atoms with Gasteiger partial charge in [-0.05, 0) is 106 Å². The number of ether oxygens (including phenoxy) is 1. The third-order valence-electron chi connectivity index (χ3n) is 10.6. The third kappa shape index (κ3) is 3.14. The van der Waals surface area contributed by atoms with E-state index < -0.39 is 0 Å². The molecule has 2 nitrogen and oxygen atoms in total. The minimum absolute atomic E-state index is 0.111. The van der Waals surface area contributed by atoms with E-state index in [1.807, 2.05) is 6.92 Å². The van der Waals surface area contributed by atoms with E-state index in [1.54, 1.807) is 0 Å². The molecule has 4 fully saturated rings. The van der Waals surface area contributed by atoms with Crippen molar-refractivity contribution in [2.24, 2.45) is 39.9 Å². The van der Waals surface area contributed by atoms with E-state index in [-0.39, 0.29) is 11.0 Å². The number of hydrogen-bond acceptors (Lipinski definition) is 2. The summed E-state index contributed by atoms with van der Waals surface area (Å²) in [5.41, 5.74) is 0.898. The molecule has 0 aliphatic heterocycles. The Hall–Kier alpha value is -0.500. The Bertz CT molecular complexity index is 703. The van der Waals surface area contributed by atoms with Crippen molar-refractivity contribution in [3.8, 4) is 0 Å². The van der Waals surface area contributed by atoms with Crippen LogP contribution in [-0.2, 0) is 9.53 Å². The average molecular weight is 421 g/mol. The van der Waals surface area contributed by atoms with E-state index in [2.05, 4.69) is 34.3 Å². The molecule has 4 saturated carbocycles. The zero-order valence-electron chi connectivity index (χ0n) is 19.3. The maximum Gasteiger partial charge on any atom is 0.133 e. The third-order valence-corrected chi connectivity index (χ3v) is 10.9. The van der Waals surface area contributed by atoms with Gasteiger partial charge in [0.2, 0.25) is 0 Å². The lowest BCUT2D eigenvalue weighted by Crippen LogP contribution is -2.60. The molecule has 4 aliphatic carbocycles. The van der Waals surface area contributed by atoms with Gasteiger partial charge in [-0.15, -0.1) is 11.6 Å². The first-order valence-corrected chi connectivity index (χ1v) is 12.5. The predicted octanol–water partition coefficient (Wildman–Crippen LogP) is 7.15. The second kappa shape index (κ2) is 7.01. The minimum atomic E-state index is -0.111. The zero-order chi connectivity index (χ0) is 21.2. The Labute approximate surface area is 183 Å². The molecule has 4 rings (SSSR count). The Kier molecular flexibility index (Phi) is 5.25. The zero-order valence-corrected chi connectivity index (χ0v) is 20.0. The van der Waals surface area contributed by atoms with Crippen molar-refractivity contribution in [3.63, 3.8) is 0 Å². The van der Waals surface area contributed by atoms with E-state index in [9.17, 15) is 4.79 Å². The maximum atomic E-state index is 12.4. The lowest BCUT2D eigenvalue weighted by atomic mass is 9.39. The molecular weight excluding hydrogens is 380 g/mol. The Morgan fingerprint density at radius 1 is 0.931 bits per heavy atom. The fourth-order valence-electron chi connectivity index (χ4n) is 9.23. The van der Waals surface area contributed by atoms with Gasteiger partial charge in [-0.3, -0.25) is 4.79 Å². The van der Waals surface area contributed by atoms with E-state index >= 15 is 0 Å². The molecule has 0 unspecified atom stereocenters. The van der Waals surface area contributed by atoms with Crippen LogP contribution in [0.2, 0.25) is 0 Å². The number of ketones is 1. The normalized spacial score (nSPS) is 51.5. The van der Waals surface area contributed by atoms with Gasteiger partial charge in [0.1, 0.15) is 17.1 Å². The molecule has 0 aromatic carbocycles. The van der Waals surface area contributed by atoms with Gasteiger partial charge in [0.15, 0.2) is 0 Å². The molecule has 0 bridgehead atoms. The van der Waals surface area contributed by atoms with Crippen LogP contribution in [0.25, 0.3) is 0 Å².